The zero-order valence-corrected chi connectivity index (χ0v) is 22.7. The number of carbonyl (C=O) groups is 1. The van der Waals surface area contributed by atoms with Gasteiger partial charge in [0.15, 0.2) is 0 Å². The zero-order chi connectivity index (χ0) is 28.2. The molecule has 0 aliphatic rings. The first-order valence-corrected chi connectivity index (χ1v) is 12.6. The molecule has 10 heteroatoms. The number of aryl methyl sites for hydroxylation is 1. The number of nitrogens with two attached hydrogens (primary N) is 1. The summed E-state index contributed by atoms with van der Waals surface area (Å²) in [5.41, 5.74) is 11.9. The first kappa shape index (κ1) is 26.2. The van der Waals surface area contributed by atoms with Crippen LogP contribution >= 0.6 is 0 Å². The molecule has 0 atom stereocenters. The van der Waals surface area contributed by atoms with Gasteiger partial charge in [-0.15, -0.1) is 0 Å². The molecule has 0 bridgehead atoms. The summed E-state index contributed by atoms with van der Waals surface area (Å²) in [5.74, 6) is 1.29. The maximum atomic E-state index is 12.4. The minimum atomic E-state index is -0.161. The number of benzene rings is 1. The Hall–Kier alpha value is -5.38. The highest BCUT2D eigenvalue weighted by molar-refractivity contribution is 6.00. The van der Waals surface area contributed by atoms with Crippen LogP contribution in [0, 0.1) is 6.92 Å². The third-order valence-corrected chi connectivity index (χ3v) is 6.23. The van der Waals surface area contributed by atoms with E-state index in [0.717, 1.165) is 28.0 Å². The van der Waals surface area contributed by atoms with Crippen molar-refractivity contribution >= 4 is 57.0 Å². The number of hydrogen-bond acceptors (Lipinski definition) is 8. The van der Waals surface area contributed by atoms with Gasteiger partial charge < -0.3 is 16.0 Å². The van der Waals surface area contributed by atoms with Crippen molar-refractivity contribution in [3.63, 3.8) is 0 Å². The predicted octanol–water partition coefficient (Wildman–Crippen LogP) is 5.26. The highest BCUT2D eigenvalue weighted by atomic mass is 16.2. The van der Waals surface area contributed by atoms with Crippen LogP contribution in [0.5, 0.6) is 0 Å². The zero-order valence-electron chi connectivity index (χ0n) is 22.7. The predicted molar refractivity (Wildman–Crippen MR) is 160 cm³/mol. The number of hydrogen-bond donors (Lipinski definition) is 2. The molecule has 0 saturated carbocycles. The van der Waals surface area contributed by atoms with Crippen LogP contribution in [0.15, 0.2) is 90.4 Å². The summed E-state index contributed by atoms with van der Waals surface area (Å²) < 4.78 is 0. The van der Waals surface area contributed by atoms with E-state index in [4.69, 9.17) is 5.73 Å². The number of carbonyl (C=O) groups excluding carboxylic acids is 1. The van der Waals surface area contributed by atoms with Crippen molar-refractivity contribution < 1.29 is 4.79 Å². The topological polar surface area (TPSA) is 126 Å². The standard InChI is InChI=1S/C30H29N9O/c1-19-15-24(11-13-32-19)39(20(2)40)29-10-6-22(18-35-29)36-30(31)21-5-9-28(34-17-21)37-27-12-14-33-26-8-7-23(38(3)4)16-25(26)27/h5-18H,1-4H3,(H2,31,36)(H,33,34,37). The van der Waals surface area contributed by atoms with E-state index in [1.807, 2.05) is 57.4 Å². The van der Waals surface area contributed by atoms with Gasteiger partial charge in [0.1, 0.15) is 17.5 Å². The van der Waals surface area contributed by atoms with E-state index in [9.17, 15) is 4.79 Å². The van der Waals surface area contributed by atoms with Crippen LogP contribution in [-0.4, -0.2) is 45.8 Å². The van der Waals surface area contributed by atoms with Crippen molar-refractivity contribution in [2.24, 2.45) is 10.7 Å². The Kier molecular flexibility index (Phi) is 7.32. The first-order valence-electron chi connectivity index (χ1n) is 12.6. The Morgan fingerprint density at radius 2 is 1.70 bits per heavy atom. The summed E-state index contributed by atoms with van der Waals surface area (Å²) in [6, 6.07) is 18.9. The van der Waals surface area contributed by atoms with Gasteiger partial charge in [0.05, 0.1) is 28.8 Å². The minimum Gasteiger partial charge on any atom is -0.383 e. The molecule has 0 aliphatic heterocycles. The van der Waals surface area contributed by atoms with E-state index in [0.29, 0.717) is 34.4 Å². The molecule has 10 nitrogen and oxygen atoms in total. The van der Waals surface area contributed by atoms with Crippen LogP contribution in [0.3, 0.4) is 0 Å². The summed E-state index contributed by atoms with van der Waals surface area (Å²) in [5, 5.41) is 4.37. The van der Waals surface area contributed by atoms with Crippen molar-refractivity contribution in [1.82, 2.24) is 19.9 Å². The minimum absolute atomic E-state index is 0.161. The summed E-state index contributed by atoms with van der Waals surface area (Å²) >= 11 is 0. The number of aliphatic imine (C=N–C) groups is 1. The average molecular weight is 532 g/mol. The van der Waals surface area contributed by atoms with Gasteiger partial charge in [-0.1, -0.05) is 0 Å². The largest absolute Gasteiger partial charge is 0.383 e. The third kappa shape index (κ3) is 5.70. The van der Waals surface area contributed by atoms with E-state index in [2.05, 4.69) is 41.2 Å². The van der Waals surface area contributed by atoms with E-state index in [1.54, 1.807) is 43.0 Å². The Morgan fingerprint density at radius 3 is 2.38 bits per heavy atom. The average Bonchev–Trinajstić information content (AvgIpc) is 2.94. The highest BCUT2D eigenvalue weighted by Crippen LogP contribution is 2.28. The van der Waals surface area contributed by atoms with E-state index in [-0.39, 0.29) is 5.91 Å². The molecule has 0 unspecified atom stereocenters. The SMILES string of the molecule is CC(=O)N(c1ccnc(C)c1)c1ccc(N=C(N)c2ccc(Nc3ccnc4ccc(N(C)C)cc34)nc2)cn1. The number of pyridine rings is 4. The molecule has 3 N–H and O–H groups in total. The van der Waals surface area contributed by atoms with Crippen LogP contribution in [0.1, 0.15) is 18.2 Å². The van der Waals surface area contributed by atoms with Crippen LogP contribution in [-0.2, 0) is 4.79 Å². The molecule has 1 amide bonds. The van der Waals surface area contributed by atoms with Gasteiger partial charge in [-0.3, -0.25) is 19.7 Å². The lowest BCUT2D eigenvalue weighted by molar-refractivity contribution is -0.115. The third-order valence-electron chi connectivity index (χ3n) is 6.23. The fourth-order valence-electron chi connectivity index (χ4n) is 4.20. The summed E-state index contributed by atoms with van der Waals surface area (Å²) in [4.78, 5) is 38.0. The molecule has 4 heterocycles. The van der Waals surface area contributed by atoms with Gasteiger partial charge in [0.2, 0.25) is 5.91 Å². The van der Waals surface area contributed by atoms with E-state index in [1.165, 1.54) is 11.8 Å². The van der Waals surface area contributed by atoms with Gasteiger partial charge in [0, 0.05) is 61.9 Å². The second-order valence-electron chi connectivity index (χ2n) is 9.39. The Labute approximate surface area is 232 Å². The number of aromatic nitrogens is 4. The lowest BCUT2D eigenvalue weighted by Crippen LogP contribution is -2.23. The molecule has 40 heavy (non-hydrogen) atoms. The molecular formula is C30H29N9O. The maximum absolute atomic E-state index is 12.4. The number of amides is 1. The Morgan fingerprint density at radius 1 is 0.875 bits per heavy atom. The Balaban J connectivity index is 1.33. The summed E-state index contributed by atoms with van der Waals surface area (Å²) in [6.45, 7) is 3.36. The van der Waals surface area contributed by atoms with E-state index >= 15 is 0 Å². The van der Waals surface area contributed by atoms with Crippen molar-refractivity contribution in [2.45, 2.75) is 13.8 Å². The number of nitrogens with zero attached hydrogens (tertiary/aromatic N) is 7. The highest BCUT2D eigenvalue weighted by Gasteiger charge is 2.16. The van der Waals surface area contributed by atoms with Crippen molar-refractivity contribution in [3.8, 4) is 0 Å². The van der Waals surface area contributed by atoms with Crippen molar-refractivity contribution in [2.75, 3.05) is 29.2 Å². The fourth-order valence-corrected chi connectivity index (χ4v) is 4.20. The quantitative estimate of drug-likeness (QED) is 0.215. The number of nitrogens with one attached hydrogen (secondary N) is 1. The van der Waals surface area contributed by atoms with Crippen molar-refractivity contribution in [3.05, 3.63) is 96.7 Å². The van der Waals surface area contributed by atoms with Crippen LogP contribution < -0.4 is 20.9 Å². The van der Waals surface area contributed by atoms with E-state index < -0.39 is 0 Å². The molecule has 1 aromatic carbocycles. The smallest absolute Gasteiger partial charge is 0.229 e. The van der Waals surface area contributed by atoms with Gasteiger partial charge in [0.25, 0.3) is 0 Å². The molecular weight excluding hydrogens is 502 g/mol. The lowest BCUT2D eigenvalue weighted by atomic mass is 10.1. The number of fused-ring (bicyclic) bond motifs is 1. The van der Waals surface area contributed by atoms with Crippen LogP contribution in [0.25, 0.3) is 10.9 Å². The molecule has 0 radical (unpaired) electrons. The first-order chi connectivity index (χ1) is 19.3. The normalized spacial score (nSPS) is 11.3. The molecule has 0 saturated heterocycles. The second kappa shape index (κ2) is 11.2. The Bertz CT molecular complexity index is 1700. The number of anilines is 5. The maximum Gasteiger partial charge on any atom is 0.229 e. The molecule has 0 fully saturated rings. The molecule has 0 spiro atoms. The summed E-state index contributed by atoms with van der Waals surface area (Å²) in [6.07, 6.45) is 6.67. The molecule has 4 aromatic heterocycles. The number of rotatable bonds is 7. The van der Waals surface area contributed by atoms with Crippen LogP contribution in [0.2, 0.25) is 0 Å². The molecule has 200 valence electrons. The van der Waals surface area contributed by atoms with Gasteiger partial charge in [-0.2, -0.15) is 0 Å². The molecule has 0 aliphatic carbocycles. The lowest BCUT2D eigenvalue weighted by Gasteiger charge is -2.20. The molecule has 5 rings (SSSR count). The second-order valence-corrected chi connectivity index (χ2v) is 9.39. The molecule has 5 aromatic rings. The fraction of sp³-hybridized carbons (Fsp3) is 0.133. The van der Waals surface area contributed by atoms with Crippen LogP contribution in [0.4, 0.5) is 34.4 Å². The summed E-state index contributed by atoms with van der Waals surface area (Å²) in [7, 11) is 4.01. The van der Waals surface area contributed by atoms with Gasteiger partial charge in [-0.25, -0.2) is 15.0 Å². The van der Waals surface area contributed by atoms with Gasteiger partial charge >= 0.3 is 0 Å². The van der Waals surface area contributed by atoms with Gasteiger partial charge in [-0.05, 0) is 67.6 Å². The number of amidine groups is 1. The van der Waals surface area contributed by atoms with Crippen molar-refractivity contribution in [1.29, 1.82) is 0 Å². The monoisotopic (exact) mass is 531 g/mol.